The molecule has 6 rings (SSSR count). The fraction of sp³-hybridized carbons (Fsp3) is 0.278. The Kier molecular flexibility index (Phi) is 9.35. The molecular formula is C36H38N6O5. The maximum Gasteiger partial charge on any atom is 0.326 e. The van der Waals surface area contributed by atoms with Gasteiger partial charge < -0.3 is 36.3 Å². The van der Waals surface area contributed by atoms with Crippen molar-refractivity contribution in [3.8, 4) is 0 Å². The number of aromatic amines is 2. The minimum atomic E-state index is -1.20. The molecule has 0 spiro atoms. The van der Waals surface area contributed by atoms with Gasteiger partial charge >= 0.3 is 5.97 Å². The van der Waals surface area contributed by atoms with E-state index in [-0.39, 0.29) is 12.8 Å². The summed E-state index contributed by atoms with van der Waals surface area (Å²) in [4.78, 5) is 61.3. The fourth-order valence-corrected chi connectivity index (χ4v) is 6.45. The van der Waals surface area contributed by atoms with Crippen LogP contribution >= 0.6 is 0 Å². The van der Waals surface area contributed by atoms with Crippen molar-refractivity contribution in [1.82, 2.24) is 25.5 Å². The number of likely N-dealkylation sites (tertiary alicyclic amines) is 1. The Balaban J connectivity index is 1.20. The molecule has 5 aromatic rings. The molecule has 1 aliphatic rings. The van der Waals surface area contributed by atoms with Crippen molar-refractivity contribution in [2.75, 3.05) is 6.54 Å². The number of carbonyl (C=O) groups is 4. The number of rotatable bonds is 12. The second-order valence-corrected chi connectivity index (χ2v) is 12.1. The highest BCUT2D eigenvalue weighted by Crippen LogP contribution is 2.24. The van der Waals surface area contributed by atoms with E-state index in [1.807, 2.05) is 85.1 Å². The van der Waals surface area contributed by atoms with Crippen LogP contribution in [0.3, 0.4) is 0 Å². The van der Waals surface area contributed by atoms with Crippen molar-refractivity contribution >= 4 is 45.5 Å². The van der Waals surface area contributed by atoms with E-state index >= 15 is 0 Å². The second-order valence-electron chi connectivity index (χ2n) is 12.1. The number of benzene rings is 3. The quantitative estimate of drug-likeness (QED) is 0.123. The summed E-state index contributed by atoms with van der Waals surface area (Å²) in [6.07, 6.45) is 5.04. The van der Waals surface area contributed by atoms with Crippen LogP contribution < -0.4 is 16.4 Å². The van der Waals surface area contributed by atoms with Crippen molar-refractivity contribution in [3.05, 3.63) is 108 Å². The van der Waals surface area contributed by atoms with Gasteiger partial charge in [-0.15, -0.1) is 0 Å². The monoisotopic (exact) mass is 634 g/mol. The zero-order chi connectivity index (χ0) is 32.9. The molecule has 47 heavy (non-hydrogen) atoms. The molecule has 3 aromatic carbocycles. The highest BCUT2D eigenvalue weighted by molar-refractivity contribution is 5.95. The highest BCUT2D eigenvalue weighted by Gasteiger charge is 2.39. The summed E-state index contributed by atoms with van der Waals surface area (Å²) in [5, 5.41) is 17.4. The first-order chi connectivity index (χ1) is 22.8. The third-order valence-electron chi connectivity index (χ3n) is 8.90. The minimum Gasteiger partial charge on any atom is -0.480 e. The number of nitrogens with two attached hydrogens (primary N) is 1. The minimum absolute atomic E-state index is 0.0737. The number of aliphatic carboxylic acids is 1. The van der Waals surface area contributed by atoms with E-state index in [1.54, 1.807) is 6.20 Å². The maximum atomic E-state index is 14.2. The van der Waals surface area contributed by atoms with Gasteiger partial charge in [0.05, 0.1) is 6.04 Å². The SMILES string of the molecule is NC(Cc1ccccc1)C(=O)NC(Cc1c[nH]c2ccccc12)C(=O)N1CCCC1C(=O)NC(Cc1c[nH]c2ccccc12)C(=O)O. The van der Waals surface area contributed by atoms with Gasteiger partial charge in [0.15, 0.2) is 0 Å². The highest BCUT2D eigenvalue weighted by atomic mass is 16.4. The van der Waals surface area contributed by atoms with E-state index in [0.29, 0.717) is 25.8 Å². The van der Waals surface area contributed by atoms with Crippen LogP contribution in [0.25, 0.3) is 21.8 Å². The van der Waals surface area contributed by atoms with Gasteiger partial charge in [0, 0.05) is 53.6 Å². The first-order valence-electron chi connectivity index (χ1n) is 15.8. The number of amides is 3. The molecule has 1 fully saturated rings. The Labute approximate surface area is 271 Å². The molecule has 3 amide bonds. The molecule has 2 aromatic heterocycles. The molecule has 0 aliphatic carbocycles. The number of H-pyrrole nitrogens is 2. The predicted octanol–water partition coefficient (Wildman–Crippen LogP) is 3.05. The Morgan fingerprint density at radius 1 is 0.787 bits per heavy atom. The Bertz CT molecular complexity index is 1900. The number of aromatic nitrogens is 2. The molecule has 11 nitrogen and oxygen atoms in total. The smallest absolute Gasteiger partial charge is 0.326 e. The maximum absolute atomic E-state index is 14.2. The number of para-hydroxylation sites is 2. The van der Waals surface area contributed by atoms with Crippen LogP contribution in [0.4, 0.5) is 0 Å². The molecule has 0 bridgehead atoms. The number of hydrogen-bond donors (Lipinski definition) is 6. The first kappa shape index (κ1) is 31.6. The van der Waals surface area contributed by atoms with E-state index in [9.17, 15) is 24.3 Å². The zero-order valence-corrected chi connectivity index (χ0v) is 25.8. The molecule has 3 heterocycles. The van der Waals surface area contributed by atoms with E-state index in [1.165, 1.54) is 4.90 Å². The lowest BCUT2D eigenvalue weighted by atomic mass is 10.0. The molecular weight excluding hydrogens is 596 g/mol. The summed E-state index contributed by atoms with van der Waals surface area (Å²) in [5.41, 5.74) is 10.6. The summed E-state index contributed by atoms with van der Waals surface area (Å²) < 4.78 is 0. The van der Waals surface area contributed by atoms with Crippen LogP contribution in [-0.2, 0) is 38.4 Å². The fourth-order valence-electron chi connectivity index (χ4n) is 6.45. The average molecular weight is 635 g/mol. The lowest BCUT2D eigenvalue weighted by Gasteiger charge is -2.30. The lowest BCUT2D eigenvalue weighted by molar-refractivity contribution is -0.144. The molecule has 11 heteroatoms. The summed E-state index contributed by atoms with van der Waals surface area (Å²) in [7, 11) is 0. The van der Waals surface area contributed by atoms with Gasteiger partial charge in [-0.05, 0) is 48.1 Å². The number of nitrogens with zero attached hydrogens (tertiary/aromatic N) is 1. The number of carbonyl (C=O) groups excluding carboxylic acids is 3. The van der Waals surface area contributed by atoms with Crippen molar-refractivity contribution in [3.63, 3.8) is 0 Å². The van der Waals surface area contributed by atoms with E-state index in [0.717, 1.165) is 38.5 Å². The first-order valence-corrected chi connectivity index (χ1v) is 15.8. The number of hydrogen-bond acceptors (Lipinski definition) is 5. The Hall–Kier alpha value is -5.42. The zero-order valence-electron chi connectivity index (χ0n) is 25.8. The van der Waals surface area contributed by atoms with Gasteiger partial charge in [0.2, 0.25) is 17.7 Å². The van der Waals surface area contributed by atoms with Gasteiger partial charge in [-0.2, -0.15) is 0 Å². The van der Waals surface area contributed by atoms with Crippen LogP contribution in [0.2, 0.25) is 0 Å². The summed E-state index contributed by atoms with van der Waals surface area (Å²) in [6, 6.07) is 20.7. The van der Waals surface area contributed by atoms with Gasteiger partial charge in [0.1, 0.15) is 18.1 Å². The summed E-state index contributed by atoms with van der Waals surface area (Å²) in [6.45, 7) is 0.299. The molecule has 4 atom stereocenters. The number of nitrogens with one attached hydrogen (secondary N) is 4. The standard InChI is InChI=1S/C36H38N6O5/c37-27(17-22-9-2-1-3-10-22)33(43)40-30(18-23-20-38-28-13-6-4-11-25(23)28)35(45)42-16-8-15-32(42)34(44)41-31(36(46)47)19-24-21-39-29-14-7-5-12-26(24)29/h1-7,9-14,20-21,27,30-32,38-39H,8,15-19,37H2,(H,40,43)(H,41,44)(H,46,47). The van der Waals surface area contributed by atoms with Crippen LogP contribution in [0.15, 0.2) is 91.3 Å². The molecule has 4 unspecified atom stereocenters. The third-order valence-corrected chi connectivity index (χ3v) is 8.90. The largest absolute Gasteiger partial charge is 0.480 e. The van der Waals surface area contributed by atoms with Crippen LogP contribution in [0.1, 0.15) is 29.5 Å². The molecule has 0 radical (unpaired) electrons. The average Bonchev–Trinajstić information content (AvgIpc) is 3.83. The lowest BCUT2D eigenvalue weighted by Crippen LogP contribution is -2.57. The van der Waals surface area contributed by atoms with E-state index < -0.39 is 47.9 Å². The summed E-state index contributed by atoms with van der Waals surface area (Å²) in [5.74, 6) is -2.61. The van der Waals surface area contributed by atoms with Gasteiger partial charge in [-0.25, -0.2) is 4.79 Å². The normalized spacial score (nSPS) is 16.5. The van der Waals surface area contributed by atoms with E-state index in [4.69, 9.17) is 5.73 Å². The third kappa shape index (κ3) is 7.05. The van der Waals surface area contributed by atoms with Gasteiger partial charge in [-0.3, -0.25) is 14.4 Å². The van der Waals surface area contributed by atoms with Gasteiger partial charge in [-0.1, -0.05) is 66.7 Å². The number of carboxylic acids is 1. The topological polar surface area (TPSA) is 173 Å². The summed E-state index contributed by atoms with van der Waals surface area (Å²) >= 11 is 0. The molecule has 1 aliphatic heterocycles. The van der Waals surface area contributed by atoms with Gasteiger partial charge in [0.25, 0.3) is 0 Å². The molecule has 242 valence electrons. The molecule has 1 saturated heterocycles. The molecule has 7 N–H and O–H groups in total. The van der Waals surface area contributed by atoms with E-state index in [2.05, 4.69) is 20.6 Å². The van der Waals surface area contributed by atoms with Crippen molar-refractivity contribution in [2.24, 2.45) is 5.73 Å². The van der Waals surface area contributed by atoms with Crippen molar-refractivity contribution in [2.45, 2.75) is 56.3 Å². The van der Waals surface area contributed by atoms with Crippen LogP contribution in [-0.4, -0.2) is 74.4 Å². The van der Waals surface area contributed by atoms with Crippen molar-refractivity contribution < 1.29 is 24.3 Å². The molecule has 0 saturated carbocycles. The Morgan fingerprint density at radius 3 is 1.98 bits per heavy atom. The van der Waals surface area contributed by atoms with Crippen LogP contribution in [0.5, 0.6) is 0 Å². The predicted molar refractivity (Wildman–Crippen MR) is 178 cm³/mol. The number of carboxylic acid groups (broad SMARTS) is 1. The second kappa shape index (κ2) is 13.9. The Morgan fingerprint density at radius 2 is 1.36 bits per heavy atom. The number of fused-ring (bicyclic) bond motifs is 2. The van der Waals surface area contributed by atoms with Crippen LogP contribution in [0, 0.1) is 0 Å². The van der Waals surface area contributed by atoms with Crippen molar-refractivity contribution in [1.29, 1.82) is 0 Å².